The molecule has 1 atom stereocenters. The largest absolute Gasteiger partial charge is 0.313 e. The molecular weight excluding hydrogens is 289 g/mol. The molecule has 2 rings (SSSR count). The second-order valence-corrected chi connectivity index (χ2v) is 6.57. The van der Waals surface area contributed by atoms with Gasteiger partial charge in [-0.05, 0) is 53.9 Å². The summed E-state index contributed by atoms with van der Waals surface area (Å²) in [5.41, 5.74) is 1.36. The fraction of sp³-hybridized carbons (Fsp3) is 0.375. The van der Waals surface area contributed by atoms with E-state index < -0.39 is 0 Å². The molecule has 0 bridgehead atoms. The van der Waals surface area contributed by atoms with E-state index in [1.165, 1.54) is 11.6 Å². The van der Waals surface area contributed by atoms with Crippen molar-refractivity contribution in [2.45, 2.75) is 30.7 Å². The molecule has 1 N–H and O–H groups in total. The first kappa shape index (κ1) is 15.5. The number of hydrogen-bond donors (Lipinski definition) is 1. The molecule has 0 saturated heterocycles. The maximum absolute atomic E-state index is 13.6. The first-order valence-electron chi connectivity index (χ1n) is 6.91. The fourth-order valence-electron chi connectivity index (χ4n) is 1.98. The van der Waals surface area contributed by atoms with Crippen LogP contribution in [0.15, 0.2) is 46.0 Å². The van der Waals surface area contributed by atoms with E-state index in [1.54, 1.807) is 29.2 Å². The van der Waals surface area contributed by atoms with Gasteiger partial charge in [-0.3, -0.25) is 0 Å². The summed E-state index contributed by atoms with van der Waals surface area (Å²) in [5, 5.41) is 7.85. The van der Waals surface area contributed by atoms with Crippen LogP contribution in [0.2, 0.25) is 0 Å². The molecule has 0 fully saturated rings. The Morgan fingerprint density at radius 3 is 2.85 bits per heavy atom. The maximum atomic E-state index is 13.6. The lowest BCUT2D eigenvalue weighted by Crippen LogP contribution is -2.33. The quantitative estimate of drug-likeness (QED) is 0.716. The number of benzene rings is 1. The van der Waals surface area contributed by atoms with Gasteiger partial charge in [-0.15, -0.1) is 11.8 Å². The number of hydrogen-bond acceptors (Lipinski definition) is 3. The summed E-state index contributed by atoms with van der Waals surface area (Å²) < 4.78 is 13.6. The lowest BCUT2D eigenvalue weighted by molar-refractivity contribution is 0.550. The van der Waals surface area contributed by atoms with E-state index in [0.29, 0.717) is 6.04 Å². The van der Waals surface area contributed by atoms with Crippen LogP contribution in [0.3, 0.4) is 0 Å². The van der Waals surface area contributed by atoms with E-state index in [-0.39, 0.29) is 5.82 Å². The SMILES string of the molecule is CCCNC(CSc1ccccc1F)Cc1ccsc1. The Balaban J connectivity index is 1.91. The monoisotopic (exact) mass is 309 g/mol. The van der Waals surface area contributed by atoms with Crippen molar-refractivity contribution in [2.24, 2.45) is 0 Å². The Morgan fingerprint density at radius 2 is 2.15 bits per heavy atom. The second-order valence-electron chi connectivity index (χ2n) is 4.73. The predicted molar refractivity (Wildman–Crippen MR) is 87.2 cm³/mol. The van der Waals surface area contributed by atoms with Crippen LogP contribution in [0.5, 0.6) is 0 Å². The normalized spacial score (nSPS) is 12.5. The van der Waals surface area contributed by atoms with Gasteiger partial charge >= 0.3 is 0 Å². The molecule has 0 aliphatic carbocycles. The van der Waals surface area contributed by atoms with Crippen LogP contribution >= 0.6 is 23.1 Å². The molecule has 0 spiro atoms. The second kappa shape index (κ2) is 8.45. The minimum absolute atomic E-state index is 0.123. The van der Waals surface area contributed by atoms with Crippen molar-refractivity contribution in [2.75, 3.05) is 12.3 Å². The number of rotatable bonds is 8. The molecule has 0 aliphatic rings. The number of thiophene rings is 1. The van der Waals surface area contributed by atoms with Crippen molar-refractivity contribution in [3.63, 3.8) is 0 Å². The summed E-state index contributed by atoms with van der Waals surface area (Å²) in [6.07, 6.45) is 2.12. The highest BCUT2D eigenvalue weighted by atomic mass is 32.2. The standard InChI is InChI=1S/C16H20FNS2/c1-2-8-18-14(10-13-7-9-19-11-13)12-20-16-6-4-3-5-15(16)17/h3-7,9,11,14,18H,2,8,10,12H2,1H3. The van der Waals surface area contributed by atoms with E-state index in [0.717, 1.165) is 30.0 Å². The highest BCUT2D eigenvalue weighted by Crippen LogP contribution is 2.23. The molecule has 1 heterocycles. The van der Waals surface area contributed by atoms with Gasteiger partial charge in [0.2, 0.25) is 0 Å². The summed E-state index contributed by atoms with van der Waals surface area (Å²) in [5.74, 6) is 0.763. The Morgan fingerprint density at radius 1 is 1.30 bits per heavy atom. The van der Waals surface area contributed by atoms with Gasteiger partial charge in [0.05, 0.1) is 0 Å². The Hall–Kier alpha value is -0.840. The van der Waals surface area contributed by atoms with Crippen LogP contribution in [0, 0.1) is 5.82 Å². The summed E-state index contributed by atoms with van der Waals surface area (Å²) >= 11 is 3.32. The van der Waals surface area contributed by atoms with Gasteiger partial charge in [-0.25, -0.2) is 4.39 Å². The third-order valence-electron chi connectivity index (χ3n) is 3.02. The Kier molecular flexibility index (Phi) is 6.57. The summed E-state index contributed by atoms with van der Waals surface area (Å²) in [4.78, 5) is 0.737. The molecule has 0 aliphatic heterocycles. The van der Waals surface area contributed by atoms with Crippen LogP contribution in [0.4, 0.5) is 4.39 Å². The zero-order valence-corrected chi connectivity index (χ0v) is 13.3. The first-order chi connectivity index (χ1) is 9.79. The van der Waals surface area contributed by atoms with E-state index in [9.17, 15) is 4.39 Å². The lowest BCUT2D eigenvalue weighted by Gasteiger charge is -2.17. The highest BCUT2D eigenvalue weighted by Gasteiger charge is 2.11. The van der Waals surface area contributed by atoms with Crippen molar-refractivity contribution in [1.29, 1.82) is 0 Å². The van der Waals surface area contributed by atoms with Crippen LogP contribution in [-0.2, 0) is 6.42 Å². The summed E-state index contributed by atoms with van der Waals surface area (Å²) in [7, 11) is 0. The van der Waals surface area contributed by atoms with Crippen LogP contribution in [0.1, 0.15) is 18.9 Å². The molecule has 108 valence electrons. The molecule has 2 aromatic rings. The molecular formula is C16H20FNS2. The smallest absolute Gasteiger partial charge is 0.136 e. The van der Waals surface area contributed by atoms with Gasteiger partial charge < -0.3 is 5.32 Å². The molecule has 20 heavy (non-hydrogen) atoms. The third kappa shape index (κ3) is 4.93. The molecule has 1 aromatic heterocycles. The van der Waals surface area contributed by atoms with Crippen LogP contribution in [0.25, 0.3) is 0 Å². The van der Waals surface area contributed by atoms with Crippen molar-refractivity contribution in [3.05, 3.63) is 52.5 Å². The van der Waals surface area contributed by atoms with Crippen LogP contribution < -0.4 is 5.32 Å². The summed E-state index contributed by atoms with van der Waals surface area (Å²) in [6.45, 7) is 3.17. The van der Waals surface area contributed by atoms with E-state index >= 15 is 0 Å². The topological polar surface area (TPSA) is 12.0 Å². The third-order valence-corrected chi connectivity index (χ3v) is 4.97. The van der Waals surface area contributed by atoms with Crippen molar-refractivity contribution >= 4 is 23.1 Å². The molecule has 1 nitrogen and oxygen atoms in total. The summed E-state index contributed by atoms with van der Waals surface area (Å²) in [6, 6.07) is 9.54. The van der Waals surface area contributed by atoms with Crippen LogP contribution in [-0.4, -0.2) is 18.3 Å². The van der Waals surface area contributed by atoms with Gasteiger partial charge in [-0.2, -0.15) is 11.3 Å². The van der Waals surface area contributed by atoms with Crippen molar-refractivity contribution in [1.82, 2.24) is 5.32 Å². The lowest BCUT2D eigenvalue weighted by atomic mass is 10.1. The van der Waals surface area contributed by atoms with Gasteiger partial charge in [0.15, 0.2) is 0 Å². The van der Waals surface area contributed by atoms with Crippen molar-refractivity contribution < 1.29 is 4.39 Å². The molecule has 4 heteroatoms. The first-order valence-corrected chi connectivity index (χ1v) is 8.84. The molecule has 1 unspecified atom stereocenters. The van der Waals surface area contributed by atoms with Gasteiger partial charge in [0, 0.05) is 16.7 Å². The fourth-order valence-corrected chi connectivity index (χ4v) is 3.66. The zero-order chi connectivity index (χ0) is 14.2. The average Bonchev–Trinajstić information content (AvgIpc) is 2.96. The van der Waals surface area contributed by atoms with Gasteiger partial charge in [-0.1, -0.05) is 19.1 Å². The Labute approximate surface area is 128 Å². The predicted octanol–water partition coefficient (Wildman–Crippen LogP) is 4.59. The minimum Gasteiger partial charge on any atom is -0.313 e. The molecule has 0 amide bonds. The van der Waals surface area contributed by atoms with Gasteiger partial charge in [0.1, 0.15) is 5.82 Å². The molecule has 0 radical (unpaired) electrons. The van der Waals surface area contributed by atoms with E-state index in [2.05, 4.69) is 29.1 Å². The minimum atomic E-state index is -0.123. The number of thioether (sulfide) groups is 1. The molecule has 0 saturated carbocycles. The van der Waals surface area contributed by atoms with Gasteiger partial charge in [0.25, 0.3) is 0 Å². The van der Waals surface area contributed by atoms with E-state index in [4.69, 9.17) is 0 Å². The number of halogens is 1. The highest BCUT2D eigenvalue weighted by molar-refractivity contribution is 7.99. The maximum Gasteiger partial charge on any atom is 0.136 e. The number of nitrogens with one attached hydrogen (secondary N) is 1. The zero-order valence-electron chi connectivity index (χ0n) is 11.6. The molecule has 1 aromatic carbocycles. The van der Waals surface area contributed by atoms with E-state index in [1.807, 2.05) is 12.1 Å². The average molecular weight is 309 g/mol. The van der Waals surface area contributed by atoms with Crippen molar-refractivity contribution in [3.8, 4) is 0 Å². The Bertz CT molecular complexity index is 499.